The molecule has 3 aromatic carbocycles. The highest BCUT2D eigenvalue weighted by atomic mass is 32.1. The van der Waals surface area contributed by atoms with Crippen LogP contribution in [-0.2, 0) is 11.2 Å². The summed E-state index contributed by atoms with van der Waals surface area (Å²) in [5, 5.41) is 5.21. The van der Waals surface area contributed by atoms with E-state index in [1.54, 1.807) is 0 Å². The van der Waals surface area contributed by atoms with Crippen LogP contribution < -0.4 is 14.8 Å². The van der Waals surface area contributed by atoms with E-state index >= 15 is 0 Å². The molecule has 3 aliphatic rings. The smallest absolute Gasteiger partial charge is 0.264 e. The zero-order valence-corrected chi connectivity index (χ0v) is 24.5. The van der Waals surface area contributed by atoms with Gasteiger partial charge in [0.1, 0.15) is 0 Å². The average molecular weight is 593 g/mol. The first-order chi connectivity index (χ1) is 21.1. The molecular formula is C34H32N4O4S. The highest BCUT2D eigenvalue weighted by Crippen LogP contribution is 2.43. The van der Waals surface area contributed by atoms with E-state index in [1.807, 2.05) is 53.4 Å². The molecule has 5 aromatic rings. The Kier molecular flexibility index (Phi) is 6.57. The number of likely N-dealkylation sites (tertiary alicyclic amines) is 1. The zero-order valence-electron chi connectivity index (χ0n) is 23.7. The fourth-order valence-electron chi connectivity index (χ4n) is 6.78. The molecule has 0 spiro atoms. The summed E-state index contributed by atoms with van der Waals surface area (Å²) in [5.41, 5.74) is 5.10. The van der Waals surface area contributed by atoms with Gasteiger partial charge < -0.3 is 24.7 Å². The molecule has 1 saturated heterocycles. The fraction of sp³-hybridized carbons (Fsp3) is 0.294. The Bertz CT molecular complexity index is 1870. The van der Waals surface area contributed by atoms with Gasteiger partial charge in [-0.25, -0.2) is 0 Å². The van der Waals surface area contributed by atoms with Crippen LogP contribution in [0.3, 0.4) is 0 Å². The molecule has 2 amide bonds. The van der Waals surface area contributed by atoms with Crippen LogP contribution in [0.2, 0.25) is 0 Å². The van der Waals surface area contributed by atoms with Crippen molar-refractivity contribution in [2.75, 3.05) is 38.3 Å². The maximum atomic E-state index is 14.3. The van der Waals surface area contributed by atoms with Crippen LogP contribution in [0, 0.1) is 0 Å². The molecule has 0 aliphatic carbocycles. The number of anilines is 1. The molecule has 1 fully saturated rings. The van der Waals surface area contributed by atoms with Crippen molar-refractivity contribution in [1.82, 2.24) is 14.8 Å². The van der Waals surface area contributed by atoms with Gasteiger partial charge in [-0.3, -0.25) is 14.5 Å². The Morgan fingerprint density at radius 1 is 0.930 bits per heavy atom. The summed E-state index contributed by atoms with van der Waals surface area (Å²) in [6.07, 6.45) is 4.31. The second kappa shape index (κ2) is 10.7. The van der Waals surface area contributed by atoms with Gasteiger partial charge in [0.15, 0.2) is 11.5 Å². The Labute approximate surface area is 253 Å². The molecule has 1 unspecified atom stereocenters. The van der Waals surface area contributed by atoms with Crippen LogP contribution >= 0.6 is 11.3 Å². The Hall–Kier alpha value is -4.34. The fourth-order valence-corrected chi connectivity index (χ4v) is 7.78. The van der Waals surface area contributed by atoms with E-state index in [0.717, 1.165) is 70.6 Å². The molecule has 0 saturated carbocycles. The van der Waals surface area contributed by atoms with Gasteiger partial charge in [-0.05, 0) is 91.3 Å². The molecule has 8 nitrogen and oxygen atoms in total. The van der Waals surface area contributed by atoms with E-state index in [0.29, 0.717) is 23.7 Å². The van der Waals surface area contributed by atoms with E-state index in [1.165, 1.54) is 28.7 Å². The Balaban J connectivity index is 1.10. The summed E-state index contributed by atoms with van der Waals surface area (Å²) in [5.74, 6) is 1.41. The number of nitrogens with one attached hydrogen (secondary N) is 2. The lowest BCUT2D eigenvalue weighted by molar-refractivity contribution is -0.117. The first-order valence-corrected chi connectivity index (χ1v) is 15.8. The molecule has 2 aromatic heterocycles. The van der Waals surface area contributed by atoms with Crippen LogP contribution in [-0.4, -0.2) is 59.6 Å². The zero-order chi connectivity index (χ0) is 28.9. The molecule has 1 atom stereocenters. The van der Waals surface area contributed by atoms with Gasteiger partial charge in [-0.15, -0.1) is 11.3 Å². The number of carbonyl (C=O) groups is 2. The van der Waals surface area contributed by atoms with Crippen molar-refractivity contribution in [3.63, 3.8) is 0 Å². The number of ether oxygens (including phenoxy) is 2. The van der Waals surface area contributed by atoms with Gasteiger partial charge in [-0.2, -0.15) is 0 Å². The third kappa shape index (κ3) is 4.82. The maximum Gasteiger partial charge on any atom is 0.264 e. The summed E-state index contributed by atoms with van der Waals surface area (Å²) < 4.78 is 12.3. The highest BCUT2D eigenvalue weighted by Gasteiger charge is 2.36. The summed E-state index contributed by atoms with van der Waals surface area (Å²) in [6, 6.07) is 21.8. The quantitative estimate of drug-likeness (QED) is 0.249. The van der Waals surface area contributed by atoms with Crippen molar-refractivity contribution in [3.05, 3.63) is 88.4 Å². The standard InChI is InChI=1S/C34H32N4O4S/c39-31(19-37-13-4-1-5-14-37)35-23-9-11-29-22(16-23)18-30(43-29)34(40)38-15-12-25-24-6-2-3-7-26(24)36-32(25)33(38)21-8-10-27-28(17-21)42-20-41-27/h2-3,6-11,16-18,33,36H,1,4-5,12-15,19-20H2,(H,35,39). The second-order valence-electron chi connectivity index (χ2n) is 11.6. The molecule has 5 heterocycles. The predicted octanol–water partition coefficient (Wildman–Crippen LogP) is 6.32. The van der Waals surface area contributed by atoms with Crippen LogP contribution in [0.15, 0.2) is 66.7 Å². The number of thiophene rings is 1. The summed E-state index contributed by atoms with van der Waals surface area (Å²) >= 11 is 1.49. The molecule has 9 heteroatoms. The van der Waals surface area contributed by atoms with Gasteiger partial charge in [0.2, 0.25) is 12.7 Å². The minimum atomic E-state index is -0.298. The van der Waals surface area contributed by atoms with Gasteiger partial charge >= 0.3 is 0 Å². The molecule has 43 heavy (non-hydrogen) atoms. The molecule has 2 N–H and O–H groups in total. The number of amides is 2. The first kappa shape index (κ1) is 26.3. The van der Waals surface area contributed by atoms with Crippen molar-refractivity contribution in [3.8, 4) is 11.5 Å². The van der Waals surface area contributed by atoms with Gasteiger partial charge in [-0.1, -0.05) is 30.7 Å². The van der Waals surface area contributed by atoms with Gasteiger partial charge in [0.05, 0.1) is 17.5 Å². The number of aromatic amines is 1. The summed E-state index contributed by atoms with van der Waals surface area (Å²) in [6.45, 7) is 3.17. The molecule has 3 aliphatic heterocycles. The number of carbonyl (C=O) groups excluding carboxylic acids is 2. The van der Waals surface area contributed by atoms with Crippen LogP contribution in [0.5, 0.6) is 11.5 Å². The van der Waals surface area contributed by atoms with Crippen LogP contribution in [0.1, 0.15) is 51.8 Å². The van der Waals surface area contributed by atoms with Crippen molar-refractivity contribution < 1.29 is 19.1 Å². The number of para-hydroxylation sites is 1. The van der Waals surface area contributed by atoms with E-state index < -0.39 is 0 Å². The van der Waals surface area contributed by atoms with E-state index in [9.17, 15) is 9.59 Å². The molecule has 0 radical (unpaired) electrons. The number of piperidine rings is 1. The third-order valence-electron chi connectivity index (χ3n) is 8.83. The molecule has 218 valence electrons. The number of fused-ring (bicyclic) bond motifs is 5. The average Bonchev–Trinajstić information content (AvgIpc) is 3.77. The third-order valence-corrected chi connectivity index (χ3v) is 9.94. The van der Waals surface area contributed by atoms with Gasteiger partial charge in [0.25, 0.3) is 5.91 Å². The van der Waals surface area contributed by atoms with E-state index in [2.05, 4.69) is 33.4 Å². The lowest BCUT2D eigenvalue weighted by Gasteiger charge is -2.36. The van der Waals surface area contributed by atoms with Crippen LogP contribution in [0.4, 0.5) is 5.69 Å². The number of H-pyrrole nitrogens is 1. The minimum absolute atomic E-state index is 0.00167. The maximum absolute atomic E-state index is 14.3. The largest absolute Gasteiger partial charge is 0.454 e. The number of hydrogen-bond acceptors (Lipinski definition) is 6. The summed E-state index contributed by atoms with van der Waals surface area (Å²) in [7, 11) is 0. The second-order valence-corrected chi connectivity index (χ2v) is 12.7. The predicted molar refractivity (Wildman–Crippen MR) is 168 cm³/mol. The Morgan fingerprint density at radius 3 is 2.70 bits per heavy atom. The normalized spacial score (nSPS) is 18.2. The van der Waals surface area contributed by atoms with E-state index in [4.69, 9.17) is 9.47 Å². The van der Waals surface area contributed by atoms with Crippen molar-refractivity contribution in [2.24, 2.45) is 0 Å². The molecule has 8 rings (SSSR count). The number of rotatable bonds is 5. The van der Waals surface area contributed by atoms with Crippen molar-refractivity contribution in [1.29, 1.82) is 0 Å². The van der Waals surface area contributed by atoms with Crippen LogP contribution in [0.25, 0.3) is 21.0 Å². The van der Waals surface area contributed by atoms with Gasteiger partial charge in [0, 0.05) is 33.5 Å². The highest BCUT2D eigenvalue weighted by molar-refractivity contribution is 7.20. The number of nitrogens with zero attached hydrogens (tertiary/aromatic N) is 2. The first-order valence-electron chi connectivity index (χ1n) is 15.0. The number of hydrogen-bond donors (Lipinski definition) is 2. The Morgan fingerprint density at radius 2 is 1.79 bits per heavy atom. The monoisotopic (exact) mass is 592 g/mol. The minimum Gasteiger partial charge on any atom is -0.454 e. The summed E-state index contributed by atoms with van der Waals surface area (Å²) in [4.78, 5) is 35.5. The molecule has 0 bridgehead atoms. The lowest BCUT2D eigenvalue weighted by Crippen LogP contribution is -2.40. The SMILES string of the molecule is O=C(CN1CCCCC1)Nc1ccc2sc(C(=O)N3CCc4c([nH]c5ccccc45)C3c3ccc4c(c3)OCO4)cc2c1. The van der Waals surface area contributed by atoms with E-state index in [-0.39, 0.29) is 24.6 Å². The molecular weight excluding hydrogens is 560 g/mol. The lowest BCUT2D eigenvalue weighted by atomic mass is 9.92. The number of benzene rings is 3. The number of aromatic nitrogens is 1. The van der Waals surface area contributed by atoms with Crippen molar-refractivity contribution >= 4 is 49.8 Å². The topological polar surface area (TPSA) is 86.9 Å². The van der Waals surface area contributed by atoms with Crippen molar-refractivity contribution in [2.45, 2.75) is 31.7 Å².